The van der Waals surface area contributed by atoms with Gasteiger partial charge in [-0.15, -0.1) is 0 Å². The number of carbonyl (C=O) groups excluding carboxylic acids is 1. The summed E-state index contributed by atoms with van der Waals surface area (Å²) in [7, 11) is 0. The molecule has 5 aliphatic rings. The number of ether oxygens (including phenoxy) is 1. The highest BCUT2D eigenvalue weighted by atomic mass is 16.5. The first-order valence-corrected chi connectivity index (χ1v) is 26.0. The molecular formula is C55H98O2. The molecule has 0 spiro atoms. The molecule has 0 aliphatic heterocycles. The van der Waals surface area contributed by atoms with Crippen molar-refractivity contribution in [1.82, 2.24) is 0 Å². The van der Waals surface area contributed by atoms with Gasteiger partial charge in [0.05, 0.1) is 0 Å². The zero-order chi connectivity index (χ0) is 41.4. The van der Waals surface area contributed by atoms with Gasteiger partial charge in [0.25, 0.3) is 0 Å². The molecule has 4 saturated carbocycles. The maximum Gasteiger partial charge on any atom is 0.306 e. The lowest BCUT2D eigenvalue weighted by Crippen LogP contribution is -2.65. The highest BCUT2D eigenvalue weighted by Gasteiger charge is 2.69. The number of unbranched alkanes of at least 4 members (excludes halogenated alkanes) is 20. The van der Waals surface area contributed by atoms with Gasteiger partial charge in [-0.2, -0.15) is 0 Å². The van der Waals surface area contributed by atoms with Gasteiger partial charge >= 0.3 is 5.97 Å². The number of esters is 1. The Kier molecular flexibility index (Phi) is 16.9. The fourth-order valence-electron chi connectivity index (χ4n) is 15.1. The number of allylic oxidation sites excluding steroid dienone is 2. The molecule has 0 aromatic heterocycles. The summed E-state index contributed by atoms with van der Waals surface area (Å²) in [4.78, 5) is 13.3. The lowest BCUT2D eigenvalue weighted by atomic mass is 9.33. The largest absolute Gasteiger partial charge is 0.462 e. The average molecular weight is 791 g/mol. The molecule has 4 fully saturated rings. The predicted molar refractivity (Wildman–Crippen MR) is 246 cm³/mol. The standard InChI is InChI=1S/C55H98O2/c1-11-12-13-14-15-16-17-18-19-20-21-22-23-24-25-26-27-28-29-30-31-32-49(56)57-48-36-37-53(8)46(51(48,5)6)35-38-54(9)47(53)34-33-44-45-42-50(3,4)39-40-52(45,7)43(2)41-55(44,54)10/h33,43,45-48H,11-32,34-42H2,1-10H3/t43-,45+,46-,47+,48+,52+,53-,54+,55+/m0/s1. The highest BCUT2D eigenvalue weighted by Crippen LogP contribution is 2.76. The van der Waals surface area contributed by atoms with Gasteiger partial charge in [-0.25, -0.2) is 0 Å². The first-order chi connectivity index (χ1) is 27.1. The van der Waals surface area contributed by atoms with Gasteiger partial charge in [0.15, 0.2) is 0 Å². The van der Waals surface area contributed by atoms with Gasteiger partial charge in [0.2, 0.25) is 0 Å². The van der Waals surface area contributed by atoms with E-state index in [2.05, 4.69) is 75.3 Å². The van der Waals surface area contributed by atoms with E-state index in [-0.39, 0.29) is 17.5 Å². The summed E-state index contributed by atoms with van der Waals surface area (Å²) < 4.78 is 6.46. The second kappa shape index (κ2) is 20.4. The Morgan fingerprint density at radius 1 is 0.596 bits per heavy atom. The van der Waals surface area contributed by atoms with E-state index >= 15 is 0 Å². The summed E-state index contributed by atoms with van der Waals surface area (Å²) in [5.74, 6) is 2.91. The minimum atomic E-state index is 0.0215. The first kappa shape index (κ1) is 47.3. The van der Waals surface area contributed by atoms with E-state index in [1.165, 1.54) is 180 Å². The van der Waals surface area contributed by atoms with Crippen molar-refractivity contribution in [2.24, 2.45) is 56.2 Å². The van der Waals surface area contributed by atoms with Crippen LogP contribution in [-0.4, -0.2) is 12.1 Å². The van der Waals surface area contributed by atoms with Crippen LogP contribution in [0, 0.1) is 56.2 Å². The van der Waals surface area contributed by atoms with E-state index in [1.54, 1.807) is 0 Å². The molecule has 5 aliphatic carbocycles. The van der Waals surface area contributed by atoms with Crippen LogP contribution in [-0.2, 0) is 9.53 Å². The molecule has 0 unspecified atom stereocenters. The van der Waals surface area contributed by atoms with Gasteiger partial charge in [-0.1, -0.05) is 209 Å². The van der Waals surface area contributed by atoms with Crippen molar-refractivity contribution in [1.29, 1.82) is 0 Å². The monoisotopic (exact) mass is 791 g/mol. The lowest BCUT2D eigenvalue weighted by molar-refractivity contribution is -0.215. The van der Waals surface area contributed by atoms with Crippen LogP contribution < -0.4 is 0 Å². The third-order valence-electron chi connectivity index (χ3n) is 19.3. The van der Waals surface area contributed by atoms with Gasteiger partial charge < -0.3 is 4.74 Å². The van der Waals surface area contributed by atoms with Crippen LogP contribution in [0.4, 0.5) is 0 Å². The molecule has 5 rings (SSSR count). The molecule has 0 aromatic carbocycles. The van der Waals surface area contributed by atoms with Crippen molar-refractivity contribution < 1.29 is 9.53 Å². The SMILES string of the molecule is CCCCCCCCCCCCCCCCCCCCCCCC(=O)O[C@@H]1CC[C@]2(C)[C@H]3CC=C4[C@H]5CC(C)(C)CC[C@]5(C)[C@@H](C)C[C@@]4(C)[C@]3(C)CC[C@H]2C1(C)C. The topological polar surface area (TPSA) is 26.3 Å². The summed E-state index contributed by atoms with van der Waals surface area (Å²) in [6.45, 7) is 25.8. The summed E-state index contributed by atoms with van der Waals surface area (Å²) in [6.07, 6.45) is 44.3. The van der Waals surface area contributed by atoms with E-state index < -0.39 is 0 Å². The average Bonchev–Trinajstić information content (AvgIpc) is 3.15. The number of hydrogen-bond donors (Lipinski definition) is 0. The van der Waals surface area contributed by atoms with Crippen LogP contribution in [0.25, 0.3) is 0 Å². The Labute approximate surface area is 356 Å². The Morgan fingerprint density at radius 2 is 1.11 bits per heavy atom. The molecular weight excluding hydrogens is 693 g/mol. The van der Waals surface area contributed by atoms with Gasteiger partial charge in [-0.3, -0.25) is 4.79 Å². The molecule has 9 atom stereocenters. The molecule has 2 nitrogen and oxygen atoms in total. The predicted octanol–water partition coefficient (Wildman–Crippen LogP) is 17.6. The number of fused-ring (bicyclic) bond motifs is 7. The number of carbonyl (C=O) groups is 1. The Hall–Kier alpha value is -0.790. The smallest absolute Gasteiger partial charge is 0.306 e. The molecule has 0 saturated heterocycles. The Morgan fingerprint density at radius 3 is 1.63 bits per heavy atom. The van der Waals surface area contributed by atoms with Gasteiger partial charge in [0, 0.05) is 11.8 Å². The molecule has 0 bridgehead atoms. The summed E-state index contributed by atoms with van der Waals surface area (Å²) in [6, 6.07) is 0. The lowest BCUT2D eigenvalue weighted by Gasteiger charge is -2.72. The minimum Gasteiger partial charge on any atom is -0.462 e. The van der Waals surface area contributed by atoms with Crippen LogP contribution in [0.3, 0.4) is 0 Å². The van der Waals surface area contributed by atoms with E-state index in [9.17, 15) is 4.79 Å². The molecule has 57 heavy (non-hydrogen) atoms. The normalized spacial score (nSPS) is 36.7. The number of hydrogen-bond acceptors (Lipinski definition) is 2. The Balaban J connectivity index is 0.970. The zero-order valence-corrected chi connectivity index (χ0v) is 40.2. The zero-order valence-electron chi connectivity index (χ0n) is 40.2. The maximum absolute atomic E-state index is 13.3. The van der Waals surface area contributed by atoms with Crippen molar-refractivity contribution in [3.63, 3.8) is 0 Å². The van der Waals surface area contributed by atoms with Crippen LogP contribution in [0.15, 0.2) is 11.6 Å². The van der Waals surface area contributed by atoms with Gasteiger partial charge in [-0.05, 0) is 115 Å². The van der Waals surface area contributed by atoms with E-state index in [0.717, 1.165) is 24.7 Å². The molecule has 0 amide bonds. The highest BCUT2D eigenvalue weighted by molar-refractivity contribution is 5.69. The second-order valence-corrected chi connectivity index (χ2v) is 24.0. The Bertz CT molecular complexity index is 1270. The molecule has 0 aromatic rings. The van der Waals surface area contributed by atoms with E-state index in [4.69, 9.17) is 4.74 Å². The van der Waals surface area contributed by atoms with Crippen LogP contribution in [0.5, 0.6) is 0 Å². The number of rotatable bonds is 23. The van der Waals surface area contributed by atoms with Crippen molar-refractivity contribution in [3.8, 4) is 0 Å². The fourth-order valence-corrected chi connectivity index (χ4v) is 15.1. The van der Waals surface area contributed by atoms with Gasteiger partial charge in [0.1, 0.15) is 6.10 Å². The van der Waals surface area contributed by atoms with Crippen LogP contribution in [0.2, 0.25) is 0 Å². The van der Waals surface area contributed by atoms with Crippen molar-refractivity contribution in [3.05, 3.63) is 11.6 Å². The quantitative estimate of drug-likeness (QED) is 0.0585. The molecule has 330 valence electrons. The fraction of sp³-hybridized carbons (Fsp3) is 0.945. The van der Waals surface area contributed by atoms with Crippen LogP contribution in [0.1, 0.15) is 268 Å². The summed E-state index contributed by atoms with van der Waals surface area (Å²) in [5, 5.41) is 0. The van der Waals surface area contributed by atoms with Crippen molar-refractivity contribution in [2.45, 2.75) is 274 Å². The molecule has 0 radical (unpaired) electrons. The third kappa shape index (κ3) is 10.6. The summed E-state index contributed by atoms with van der Waals surface area (Å²) in [5.41, 5.74) is 3.74. The second-order valence-electron chi connectivity index (χ2n) is 24.0. The molecule has 0 heterocycles. The molecule has 0 N–H and O–H groups in total. The minimum absolute atomic E-state index is 0.0215. The van der Waals surface area contributed by atoms with E-state index in [1.807, 2.05) is 5.57 Å². The van der Waals surface area contributed by atoms with Crippen LogP contribution >= 0.6 is 0 Å². The third-order valence-corrected chi connectivity index (χ3v) is 19.3. The summed E-state index contributed by atoms with van der Waals surface area (Å²) >= 11 is 0. The van der Waals surface area contributed by atoms with Crippen molar-refractivity contribution >= 4 is 5.97 Å². The van der Waals surface area contributed by atoms with Crippen molar-refractivity contribution in [2.75, 3.05) is 0 Å². The first-order valence-electron chi connectivity index (χ1n) is 26.0. The molecule has 2 heteroatoms. The maximum atomic E-state index is 13.3. The van der Waals surface area contributed by atoms with E-state index in [0.29, 0.717) is 45.3 Å².